The second-order valence-corrected chi connectivity index (χ2v) is 10.9. The van der Waals surface area contributed by atoms with Crippen molar-refractivity contribution in [3.63, 3.8) is 0 Å². The van der Waals surface area contributed by atoms with Crippen molar-refractivity contribution in [3.8, 4) is 0 Å². The molecule has 1 fully saturated rings. The average molecular weight is 488 g/mol. The van der Waals surface area contributed by atoms with Crippen LogP contribution in [0.15, 0.2) is 45.7 Å². The summed E-state index contributed by atoms with van der Waals surface area (Å²) in [5, 5.41) is 16.3. The van der Waals surface area contributed by atoms with Crippen molar-refractivity contribution in [2.24, 2.45) is 11.8 Å². The van der Waals surface area contributed by atoms with Gasteiger partial charge in [0.05, 0.1) is 4.90 Å². The lowest BCUT2D eigenvalue weighted by atomic mass is 10.1. The van der Waals surface area contributed by atoms with E-state index in [4.69, 9.17) is 4.42 Å². The van der Waals surface area contributed by atoms with E-state index in [1.807, 2.05) is 0 Å². The number of nitrogens with one attached hydrogen (secondary N) is 3. The second kappa shape index (κ2) is 9.63. The quantitative estimate of drug-likeness (QED) is 0.374. The highest BCUT2D eigenvalue weighted by molar-refractivity contribution is 7.89. The van der Waals surface area contributed by atoms with Gasteiger partial charge in [0.25, 0.3) is 0 Å². The highest BCUT2D eigenvalue weighted by Crippen LogP contribution is 2.32. The number of anilines is 1. The number of benzene rings is 2. The van der Waals surface area contributed by atoms with Crippen molar-refractivity contribution in [3.05, 3.63) is 36.4 Å². The Balaban J connectivity index is 1.54. The van der Waals surface area contributed by atoms with Crippen molar-refractivity contribution >= 4 is 49.6 Å². The molecule has 0 saturated heterocycles. The van der Waals surface area contributed by atoms with Gasteiger partial charge in [-0.05, 0) is 55.0 Å². The Morgan fingerprint density at radius 1 is 1.06 bits per heavy atom. The van der Waals surface area contributed by atoms with E-state index in [0.717, 1.165) is 12.8 Å². The lowest BCUT2D eigenvalue weighted by Gasteiger charge is -2.17. The first kappa shape index (κ1) is 24.0. The van der Waals surface area contributed by atoms with Crippen molar-refractivity contribution in [1.29, 1.82) is 0 Å². The zero-order valence-electron chi connectivity index (χ0n) is 19.1. The standard InChI is InChI=1S/C24H29N3O6S/c1-14(2)22(23(28)29)27-34(31,32)17-8-10-20-19(12-17)18-9-7-16(11-21(18)33-20)26-24(30)25-13-15-5-3-4-6-15/h7-12,14-15,22,27H,3-6,13H2,1-2H3,(H,28,29)(H2,25,26,30)/t22-/m1/s1. The molecule has 4 N–H and O–H groups in total. The minimum atomic E-state index is -4.06. The van der Waals surface area contributed by atoms with Gasteiger partial charge in [0.1, 0.15) is 17.2 Å². The van der Waals surface area contributed by atoms with Crippen LogP contribution < -0.4 is 15.4 Å². The van der Waals surface area contributed by atoms with Crippen LogP contribution in [0.5, 0.6) is 0 Å². The van der Waals surface area contributed by atoms with E-state index in [-0.39, 0.29) is 10.9 Å². The topological polar surface area (TPSA) is 138 Å². The molecule has 1 atom stereocenters. The molecule has 182 valence electrons. The zero-order valence-corrected chi connectivity index (χ0v) is 19.9. The number of furan rings is 1. The van der Waals surface area contributed by atoms with E-state index in [1.165, 1.54) is 31.0 Å². The minimum Gasteiger partial charge on any atom is -0.480 e. The van der Waals surface area contributed by atoms with Crippen LogP contribution in [0.3, 0.4) is 0 Å². The number of urea groups is 1. The number of carboxylic acid groups (broad SMARTS) is 1. The van der Waals surface area contributed by atoms with Gasteiger partial charge in [-0.3, -0.25) is 4.79 Å². The van der Waals surface area contributed by atoms with E-state index in [9.17, 15) is 23.1 Å². The van der Waals surface area contributed by atoms with E-state index in [0.29, 0.717) is 40.1 Å². The molecule has 0 aliphatic heterocycles. The monoisotopic (exact) mass is 487 g/mol. The van der Waals surface area contributed by atoms with Gasteiger partial charge in [0.15, 0.2) is 0 Å². The first-order valence-electron chi connectivity index (χ1n) is 11.4. The van der Waals surface area contributed by atoms with Gasteiger partial charge in [-0.25, -0.2) is 13.2 Å². The summed E-state index contributed by atoms with van der Waals surface area (Å²) in [5.74, 6) is -1.12. The fraction of sp³-hybridized carbons (Fsp3) is 0.417. The number of fused-ring (bicyclic) bond motifs is 3. The van der Waals surface area contributed by atoms with Crippen LogP contribution in [0, 0.1) is 11.8 Å². The molecule has 1 saturated carbocycles. The van der Waals surface area contributed by atoms with Gasteiger partial charge in [0.2, 0.25) is 10.0 Å². The smallest absolute Gasteiger partial charge is 0.322 e. The van der Waals surface area contributed by atoms with E-state index < -0.39 is 28.0 Å². The summed E-state index contributed by atoms with van der Waals surface area (Å²) in [6.45, 7) is 3.92. The highest BCUT2D eigenvalue weighted by Gasteiger charge is 2.28. The lowest BCUT2D eigenvalue weighted by molar-refractivity contribution is -0.140. The summed E-state index contributed by atoms with van der Waals surface area (Å²) in [5.41, 5.74) is 1.54. The number of aliphatic carboxylic acids is 1. The molecular weight excluding hydrogens is 458 g/mol. The molecule has 1 heterocycles. The Morgan fingerprint density at radius 2 is 1.79 bits per heavy atom. The molecule has 2 aromatic carbocycles. The van der Waals surface area contributed by atoms with Crippen LogP contribution >= 0.6 is 0 Å². The summed E-state index contributed by atoms with van der Waals surface area (Å²) < 4.78 is 33.8. The Hall–Kier alpha value is -3.11. The number of carbonyl (C=O) groups is 2. The Labute approximate surface area is 197 Å². The average Bonchev–Trinajstić information content (AvgIpc) is 3.42. The molecule has 1 aromatic heterocycles. The zero-order chi connectivity index (χ0) is 24.5. The molecule has 1 aliphatic carbocycles. The summed E-state index contributed by atoms with van der Waals surface area (Å²) in [7, 11) is -4.06. The van der Waals surface area contributed by atoms with Crippen LogP contribution in [0.4, 0.5) is 10.5 Å². The molecule has 34 heavy (non-hydrogen) atoms. The lowest BCUT2D eigenvalue weighted by Crippen LogP contribution is -2.44. The molecule has 0 unspecified atom stereocenters. The largest absolute Gasteiger partial charge is 0.480 e. The number of rotatable bonds is 8. The normalized spacial score (nSPS) is 15.7. The highest BCUT2D eigenvalue weighted by atomic mass is 32.2. The summed E-state index contributed by atoms with van der Waals surface area (Å²) >= 11 is 0. The number of carbonyl (C=O) groups excluding carboxylic acids is 1. The molecule has 3 aromatic rings. The maximum absolute atomic E-state index is 12.8. The van der Waals surface area contributed by atoms with Crippen LogP contribution in [0.2, 0.25) is 0 Å². The van der Waals surface area contributed by atoms with Gasteiger partial charge < -0.3 is 20.2 Å². The summed E-state index contributed by atoms with van der Waals surface area (Å²) in [4.78, 5) is 23.6. The van der Waals surface area contributed by atoms with Gasteiger partial charge in [-0.2, -0.15) is 4.72 Å². The maximum atomic E-state index is 12.8. The SMILES string of the molecule is CC(C)[C@@H](NS(=O)(=O)c1ccc2oc3cc(NC(=O)NCC4CCCC4)ccc3c2c1)C(=O)O. The van der Waals surface area contributed by atoms with Gasteiger partial charge in [-0.15, -0.1) is 0 Å². The number of amides is 2. The molecule has 10 heteroatoms. The van der Waals surface area contributed by atoms with Gasteiger partial charge >= 0.3 is 12.0 Å². The minimum absolute atomic E-state index is 0.0527. The van der Waals surface area contributed by atoms with Crippen LogP contribution in [0.25, 0.3) is 21.9 Å². The van der Waals surface area contributed by atoms with Gasteiger partial charge in [0, 0.05) is 29.1 Å². The molecular formula is C24H29N3O6S. The number of hydrogen-bond donors (Lipinski definition) is 4. The maximum Gasteiger partial charge on any atom is 0.322 e. The molecule has 0 bridgehead atoms. The van der Waals surface area contributed by atoms with Crippen molar-refractivity contribution in [1.82, 2.24) is 10.0 Å². The van der Waals surface area contributed by atoms with Crippen molar-refractivity contribution in [2.75, 3.05) is 11.9 Å². The number of hydrogen-bond acceptors (Lipinski definition) is 5. The van der Waals surface area contributed by atoms with E-state index in [1.54, 1.807) is 32.0 Å². The molecule has 1 aliphatic rings. The third-order valence-corrected chi connectivity index (χ3v) is 7.69. The fourth-order valence-electron chi connectivity index (χ4n) is 4.33. The number of sulfonamides is 1. The Bertz CT molecular complexity index is 1330. The predicted octanol–water partition coefficient (Wildman–Crippen LogP) is 4.29. The van der Waals surface area contributed by atoms with Gasteiger partial charge in [-0.1, -0.05) is 26.7 Å². The number of carboxylic acids is 1. The van der Waals surface area contributed by atoms with Crippen LogP contribution in [-0.2, 0) is 14.8 Å². The summed E-state index contributed by atoms with van der Waals surface area (Å²) in [6, 6.07) is 8.03. The first-order chi connectivity index (χ1) is 16.1. The van der Waals surface area contributed by atoms with E-state index >= 15 is 0 Å². The molecule has 0 radical (unpaired) electrons. The summed E-state index contributed by atoms with van der Waals surface area (Å²) in [6.07, 6.45) is 4.72. The second-order valence-electron chi connectivity index (χ2n) is 9.14. The van der Waals surface area contributed by atoms with Crippen molar-refractivity contribution in [2.45, 2.75) is 50.5 Å². The third-order valence-electron chi connectivity index (χ3n) is 6.25. The fourth-order valence-corrected chi connectivity index (χ4v) is 5.70. The first-order valence-corrected chi connectivity index (χ1v) is 12.9. The molecule has 9 nitrogen and oxygen atoms in total. The molecule has 0 spiro atoms. The Kier molecular flexibility index (Phi) is 6.81. The molecule has 4 rings (SSSR count). The van der Waals surface area contributed by atoms with Crippen LogP contribution in [-0.4, -0.2) is 38.1 Å². The predicted molar refractivity (Wildman–Crippen MR) is 129 cm³/mol. The van der Waals surface area contributed by atoms with Crippen molar-refractivity contribution < 1.29 is 27.5 Å². The third kappa shape index (κ3) is 5.18. The Morgan fingerprint density at radius 3 is 2.47 bits per heavy atom. The molecule has 2 amide bonds. The van der Waals surface area contributed by atoms with E-state index in [2.05, 4.69) is 15.4 Å². The van der Waals surface area contributed by atoms with Crippen LogP contribution in [0.1, 0.15) is 39.5 Å².